The summed E-state index contributed by atoms with van der Waals surface area (Å²) in [5, 5.41) is 26.7. The van der Waals surface area contributed by atoms with Gasteiger partial charge in [-0.3, -0.25) is 23.2 Å². The molecule has 0 saturated heterocycles. The van der Waals surface area contributed by atoms with Gasteiger partial charge in [0.1, 0.15) is 17.4 Å². The van der Waals surface area contributed by atoms with Crippen LogP contribution in [0.15, 0.2) is 0 Å². The summed E-state index contributed by atoms with van der Waals surface area (Å²) in [7, 11) is -5.33. The number of hydrogen-bond acceptors (Lipinski definition) is 16. The molecule has 0 aliphatic heterocycles. The molecule has 2 amide bonds. The van der Waals surface area contributed by atoms with E-state index in [4.69, 9.17) is 4.74 Å². The maximum Gasteiger partial charge on any atom is 1.00 e. The van der Waals surface area contributed by atoms with Crippen molar-refractivity contribution in [2.75, 3.05) is 19.6 Å². The fourth-order valence-electron chi connectivity index (χ4n) is 4.47. The van der Waals surface area contributed by atoms with E-state index in [9.17, 15) is 63.0 Å². The predicted molar refractivity (Wildman–Crippen MR) is 124 cm³/mol. The number of amides is 2. The molecule has 50 heavy (non-hydrogen) atoms. The van der Waals surface area contributed by atoms with E-state index in [0.29, 0.717) is 13.4 Å². The topological polar surface area (TPSA) is 295 Å². The average molecular weight is 800 g/mol. The van der Waals surface area contributed by atoms with Gasteiger partial charge in [-0.2, -0.15) is 0 Å². The van der Waals surface area contributed by atoms with Crippen molar-refractivity contribution in [3.63, 3.8) is 0 Å². The van der Waals surface area contributed by atoms with Crippen LogP contribution in [0.4, 0.5) is 0 Å². The molecule has 0 saturated carbocycles. The van der Waals surface area contributed by atoms with Crippen LogP contribution in [-0.4, -0.2) is 100 Å². The number of nitrogens with zero attached hydrogens (tertiary/aromatic N) is 1. The minimum atomic E-state index is -5.33. The molecule has 0 aliphatic carbocycles. The van der Waals surface area contributed by atoms with Gasteiger partial charge in [-0.15, -0.1) is 6.04 Å². The normalized spacial score (nSPS) is 13.6. The molecular weight excluding hydrogens is 772 g/mol. The van der Waals surface area contributed by atoms with Crippen molar-refractivity contribution in [1.82, 2.24) is 10.2 Å². The molecule has 0 aliphatic rings. The number of carboxylic acid groups (broad SMARTS) is 2. The van der Waals surface area contributed by atoms with Gasteiger partial charge >= 0.3 is 236 Å². The van der Waals surface area contributed by atoms with Gasteiger partial charge in [0, 0.05) is 19.6 Å². The Morgan fingerprint density at radius 3 is 1.56 bits per heavy atom. The Kier molecular flexibility index (Phi) is 56.0. The summed E-state index contributed by atoms with van der Waals surface area (Å²) in [4.78, 5) is 133. The SMILES string of the molecule is CCN(CC)C(=O)C(C(O[C-]=O)[C@](CC)(C(=O)[O-])C(=O)NCCC[Si]([O-])([O-])[O-])C(O[C-]=O)(C(C)=O)C(O[C-]=O)C(=O)[O-].[Na+].[Na+].[Na+].[Na+].[Na+].[Na+].[Na+].[Na+]. The molecule has 0 aromatic heterocycles. The number of Topliss-reactive ketones (excluding diaryl/α,β-unsaturated/α-hetero) is 1. The maximum atomic E-state index is 13.9. The molecule has 0 spiro atoms. The van der Waals surface area contributed by atoms with Crippen molar-refractivity contribution in [3.05, 3.63) is 0 Å². The summed E-state index contributed by atoms with van der Waals surface area (Å²) in [5.74, 6) is -12.3. The second kappa shape index (κ2) is 37.3. The first-order valence-electron chi connectivity index (χ1n) is 12.3. The zero-order chi connectivity index (χ0) is 32.9. The van der Waals surface area contributed by atoms with Crippen LogP contribution in [0.3, 0.4) is 0 Å². The Morgan fingerprint density at radius 2 is 1.26 bits per heavy atom. The maximum absolute atomic E-state index is 13.9. The molecule has 1 N–H and O–H groups in total. The number of ketones is 1. The first-order chi connectivity index (χ1) is 19.5. The molecule has 0 aromatic rings. The minimum absolute atomic E-state index is 0. The van der Waals surface area contributed by atoms with E-state index in [0.717, 1.165) is 24.8 Å². The number of hydrogen-bond donors (Lipinski definition) is 1. The molecule has 0 aromatic carbocycles. The molecule has 0 rings (SSSR count). The molecule has 0 radical (unpaired) electrons. The van der Waals surface area contributed by atoms with Crippen molar-refractivity contribution in [3.8, 4) is 0 Å². The number of aliphatic carboxylic acids is 2. The third-order valence-electron chi connectivity index (χ3n) is 6.57. The quantitative estimate of drug-likeness (QED) is 0.0350. The van der Waals surface area contributed by atoms with Crippen LogP contribution >= 0.6 is 0 Å². The van der Waals surface area contributed by atoms with E-state index in [1.165, 1.54) is 13.8 Å². The third kappa shape index (κ3) is 20.7. The molecule has 0 fully saturated rings. The number of carbonyl (C=O) groups is 5. The number of rotatable bonds is 22. The second-order valence-corrected chi connectivity index (χ2v) is 10.6. The van der Waals surface area contributed by atoms with Gasteiger partial charge < -0.3 is 73.0 Å². The van der Waals surface area contributed by atoms with Crippen LogP contribution in [0.5, 0.6) is 0 Å². The van der Waals surface area contributed by atoms with Crippen LogP contribution in [0.25, 0.3) is 0 Å². The van der Waals surface area contributed by atoms with Gasteiger partial charge in [-0.05, 0) is 33.6 Å². The fourth-order valence-corrected chi connectivity index (χ4v) is 5.08. The smallest absolute Gasteiger partial charge is 0.881 e. The van der Waals surface area contributed by atoms with E-state index in [2.05, 4.69) is 9.47 Å². The first kappa shape index (κ1) is 75.0. The van der Waals surface area contributed by atoms with E-state index in [-0.39, 0.29) is 250 Å². The zero-order valence-electron chi connectivity index (χ0n) is 31.0. The molecule has 0 bridgehead atoms. The molecule has 5 atom stereocenters. The van der Waals surface area contributed by atoms with Crippen molar-refractivity contribution >= 4 is 57.8 Å². The second-order valence-electron chi connectivity index (χ2n) is 8.70. The van der Waals surface area contributed by atoms with Crippen LogP contribution < -0.4 is 266 Å². The van der Waals surface area contributed by atoms with Gasteiger partial charge in [-0.25, -0.2) is 0 Å². The number of carbonyl (C=O) groups excluding carboxylic acids is 8. The van der Waals surface area contributed by atoms with E-state index >= 15 is 0 Å². The van der Waals surface area contributed by atoms with Crippen LogP contribution in [0.1, 0.15) is 40.5 Å². The Labute approximate surface area is 468 Å². The van der Waals surface area contributed by atoms with Crippen molar-refractivity contribution in [1.29, 1.82) is 0 Å². The molecule has 238 valence electrons. The standard InChI is InChI=1S/C23H30N2O16Si.8Na/c1-5-22(21(34)35,20(33)24-9-8-10-42(36,37)38)16(39-11-26)15(18(30)25(6-2)7-3)23(14(4)29,41-13-28)17(19(31)32)40-12-27;;;;;;;;/h15-17H,5-10H2,1-4H3,(H,24,33)(H,31,32)(H,34,35);;;;;;;;/q-6;8*+1/p-2/t15?,16?,17?,22-,23?;;;;;;;;/m0......../s1. The number of nitrogens with one attached hydrogen (secondary N) is 1. The van der Waals surface area contributed by atoms with Crippen LogP contribution in [0.2, 0.25) is 6.04 Å². The Morgan fingerprint density at radius 1 is 0.800 bits per heavy atom. The summed E-state index contributed by atoms with van der Waals surface area (Å²) in [5.41, 5.74) is -6.84. The Balaban J connectivity index is -0.000000300. The monoisotopic (exact) mass is 800 g/mol. The summed E-state index contributed by atoms with van der Waals surface area (Å²) < 4.78 is 13.7. The van der Waals surface area contributed by atoms with Crippen molar-refractivity contribution in [2.45, 2.75) is 64.4 Å². The largest absolute Gasteiger partial charge is 1.00 e. The molecular formula is C23H28N2Na8O16Si. The van der Waals surface area contributed by atoms with Gasteiger partial charge in [-0.1, -0.05) is 26.3 Å². The van der Waals surface area contributed by atoms with Crippen molar-refractivity contribution in [2.24, 2.45) is 11.3 Å². The first-order valence-corrected chi connectivity index (χ1v) is 14.2. The summed E-state index contributed by atoms with van der Waals surface area (Å²) >= 11 is 0. The number of carboxylic acids is 2. The van der Waals surface area contributed by atoms with E-state index < -0.39 is 92.9 Å². The zero-order valence-corrected chi connectivity index (χ0v) is 48.0. The summed E-state index contributed by atoms with van der Waals surface area (Å²) in [6, 6.07) is -0.938. The van der Waals surface area contributed by atoms with E-state index in [1.807, 2.05) is 5.32 Å². The summed E-state index contributed by atoms with van der Waals surface area (Å²) in [6.45, 7) is 5.38. The number of ether oxygens (including phenoxy) is 3. The molecule has 4 unspecified atom stereocenters. The molecule has 27 heteroatoms. The van der Waals surface area contributed by atoms with Gasteiger partial charge in [0.05, 0.1) is 18.0 Å². The average Bonchev–Trinajstić information content (AvgIpc) is 2.89. The van der Waals surface area contributed by atoms with Gasteiger partial charge in [0.2, 0.25) is 11.8 Å². The Hall–Kier alpha value is 4.06. The van der Waals surface area contributed by atoms with Crippen LogP contribution in [-0.2, 0) is 52.6 Å². The molecule has 18 nitrogen and oxygen atoms in total. The predicted octanol–water partition coefficient (Wildman–Crippen LogP) is -31.8. The fraction of sp³-hybridized carbons (Fsp3) is 0.652. The molecule has 0 heterocycles. The summed E-state index contributed by atoms with van der Waals surface area (Å²) in [6.07, 6.45) is -7.31. The Bertz CT molecular complexity index is 1040. The minimum Gasteiger partial charge on any atom is -0.881 e. The van der Waals surface area contributed by atoms with Crippen molar-refractivity contribution < 1.29 is 314 Å². The van der Waals surface area contributed by atoms with E-state index in [1.54, 1.807) is 0 Å². The van der Waals surface area contributed by atoms with Crippen LogP contribution in [0, 0.1) is 11.3 Å². The van der Waals surface area contributed by atoms with Gasteiger partial charge in [0.25, 0.3) is 0 Å². The van der Waals surface area contributed by atoms with Gasteiger partial charge in [0.15, 0.2) is 11.4 Å². The third-order valence-corrected chi connectivity index (χ3v) is 7.54.